The fourth-order valence-corrected chi connectivity index (χ4v) is 11.6. The van der Waals surface area contributed by atoms with E-state index in [0.717, 1.165) is 106 Å². The highest BCUT2D eigenvalue weighted by Crippen LogP contribution is 2.63. The number of nitrogen functional groups attached to an aromatic ring is 1. The van der Waals surface area contributed by atoms with Crippen LogP contribution in [0.5, 0.6) is 28.7 Å². The Hall–Kier alpha value is -5.66. The maximum absolute atomic E-state index is 12.6. The lowest BCUT2D eigenvalue weighted by atomic mass is 9.65. The van der Waals surface area contributed by atoms with Crippen LogP contribution >= 0.6 is 0 Å². The van der Waals surface area contributed by atoms with Gasteiger partial charge >= 0.3 is 5.97 Å². The van der Waals surface area contributed by atoms with Gasteiger partial charge in [0, 0.05) is 58.7 Å². The number of methoxy groups -OCH3 is 1. The number of nitrogens with two attached hydrogens (primary N) is 1. The summed E-state index contributed by atoms with van der Waals surface area (Å²) in [5.74, 6) is 9.01. The van der Waals surface area contributed by atoms with E-state index >= 15 is 0 Å². The van der Waals surface area contributed by atoms with E-state index in [2.05, 4.69) is 54.4 Å². The summed E-state index contributed by atoms with van der Waals surface area (Å²) in [6.45, 7) is 4.01. The summed E-state index contributed by atoms with van der Waals surface area (Å²) in [6, 6.07) is 12.2. The number of hydrogen-bond donors (Lipinski definition) is 4. The Morgan fingerprint density at radius 2 is 1.92 bits per heavy atom. The van der Waals surface area contributed by atoms with E-state index < -0.39 is 6.10 Å². The number of aromatic hydroxyl groups is 2. The highest BCUT2D eigenvalue weighted by atomic mass is 16.5. The number of carbonyl (C=O) groups excluding carboxylic acids is 1. The molecule has 6 aliphatic rings. The van der Waals surface area contributed by atoms with E-state index in [1.807, 2.05) is 6.07 Å². The molecule has 3 aromatic carbocycles. The van der Waals surface area contributed by atoms with E-state index in [9.17, 15) is 15.0 Å². The number of hydrogen-bond acceptors (Lipinski definition) is 10. The van der Waals surface area contributed by atoms with Gasteiger partial charge in [0.2, 0.25) is 0 Å². The number of phenols is 2. The van der Waals surface area contributed by atoms with Crippen LogP contribution in [0.4, 0.5) is 5.82 Å². The predicted octanol–water partition coefficient (Wildman–Crippen LogP) is 8.53. The van der Waals surface area contributed by atoms with Crippen molar-refractivity contribution in [1.29, 1.82) is 0 Å². The van der Waals surface area contributed by atoms with Crippen molar-refractivity contribution in [3.8, 4) is 51.7 Å². The molecule has 0 amide bonds. The molecule has 4 heterocycles. The van der Waals surface area contributed by atoms with Crippen molar-refractivity contribution >= 4 is 17.9 Å². The summed E-state index contributed by atoms with van der Waals surface area (Å²) in [6.07, 6.45) is 15.0. The van der Waals surface area contributed by atoms with Gasteiger partial charge in [0.15, 0.2) is 11.5 Å². The summed E-state index contributed by atoms with van der Waals surface area (Å²) in [5.41, 5.74) is 16.6. The second-order valence-electron chi connectivity index (χ2n) is 18.2. The van der Waals surface area contributed by atoms with Crippen LogP contribution in [0, 0.1) is 17.8 Å². The topological polar surface area (TPSA) is 145 Å². The number of fused-ring (bicyclic) bond motifs is 9. The van der Waals surface area contributed by atoms with Crippen molar-refractivity contribution < 1.29 is 34.0 Å². The molecule has 10 rings (SSSR count). The fourth-order valence-electron chi connectivity index (χ4n) is 11.6. The minimum atomic E-state index is -0.612. The summed E-state index contributed by atoms with van der Waals surface area (Å²) >= 11 is 0. The number of anilines is 1. The quantitative estimate of drug-likeness (QED) is 0.110. The maximum Gasteiger partial charge on any atom is 0.302 e. The standard InChI is InChI=1S/C51H55N3O7/c1-4-30-20-32-19-29-17-18-51(24-29)25-33-21-36(56)23-43(58-3)44(33)38-16-15-37-40(27-59-28(2)55)48(61-49(37)46(38)51)45-31(9-8-12-41(32)54-50(30)52)22-42(57)47-39(45)14-13-35(26-60-47)53-34-10-6-5-7-11-34/h13-16,20-23,29,34-35,40,48,53,56-57H,4-7,9-11,17-19,24-27H2,1-3H3,(H2,52,54). The van der Waals surface area contributed by atoms with E-state index in [4.69, 9.17) is 29.7 Å². The maximum atomic E-state index is 12.6. The van der Waals surface area contributed by atoms with Crippen LogP contribution in [0.15, 0.2) is 42.5 Å². The molecular weight excluding hydrogens is 767 g/mol. The molecule has 10 nitrogen and oxygen atoms in total. The number of rotatable bonds is 6. The molecule has 3 aliphatic heterocycles. The van der Waals surface area contributed by atoms with Crippen molar-refractivity contribution in [3.63, 3.8) is 0 Å². The molecule has 0 radical (unpaired) electrons. The Balaban J connectivity index is 1.20. The lowest BCUT2D eigenvalue weighted by Gasteiger charge is -2.39. The molecule has 0 saturated heterocycles. The summed E-state index contributed by atoms with van der Waals surface area (Å²) < 4.78 is 25.9. The number of aromatic nitrogens is 1. The Labute approximate surface area is 357 Å². The van der Waals surface area contributed by atoms with Gasteiger partial charge in [0.1, 0.15) is 48.1 Å². The first-order chi connectivity index (χ1) is 29.6. The molecule has 2 saturated carbocycles. The SMILES string of the molecule is CCc1cc2c(nc1N)C#CCc1cc(O)c3c(c1C1Oc4c(ccc5c4C4(CCC(C2)C4)Cc2cc(O)cc(OC)c2-5)C1COC(C)=O)C=CC(NC1CCCCC1)CO3. The van der Waals surface area contributed by atoms with Gasteiger partial charge in [0.05, 0.1) is 19.1 Å². The Morgan fingerprint density at radius 3 is 2.72 bits per heavy atom. The second kappa shape index (κ2) is 15.7. The number of nitrogens with zero attached hydrogens (tertiary/aromatic N) is 1. The molecule has 61 heavy (non-hydrogen) atoms. The molecule has 316 valence electrons. The lowest BCUT2D eigenvalue weighted by Crippen LogP contribution is -2.41. The molecule has 5 atom stereocenters. The van der Waals surface area contributed by atoms with Gasteiger partial charge in [-0.05, 0) is 109 Å². The third kappa shape index (κ3) is 6.95. The van der Waals surface area contributed by atoms with Crippen LogP contribution in [0.1, 0.15) is 127 Å². The van der Waals surface area contributed by atoms with Crippen molar-refractivity contribution in [1.82, 2.24) is 10.3 Å². The molecule has 4 aromatic rings. The first kappa shape index (κ1) is 39.5. The third-order valence-electron chi connectivity index (χ3n) is 14.3. The average molecular weight is 822 g/mol. The van der Waals surface area contributed by atoms with E-state index in [0.29, 0.717) is 54.4 Å². The normalized spacial score (nSPS) is 24.5. The summed E-state index contributed by atoms with van der Waals surface area (Å²) in [5, 5.41) is 26.6. The number of ether oxygens (including phenoxy) is 4. The molecular formula is C51H55N3O7. The largest absolute Gasteiger partial charge is 0.508 e. The Kier molecular flexibility index (Phi) is 10.1. The number of esters is 1. The zero-order chi connectivity index (χ0) is 42.0. The van der Waals surface area contributed by atoms with E-state index in [1.165, 1.54) is 26.2 Å². The average Bonchev–Trinajstić information content (AvgIpc) is 3.74. The van der Waals surface area contributed by atoms with Crippen molar-refractivity contribution in [2.45, 2.75) is 120 Å². The third-order valence-corrected chi connectivity index (χ3v) is 14.3. The molecule has 1 aromatic heterocycles. The van der Waals surface area contributed by atoms with Crippen LogP contribution in [-0.2, 0) is 40.6 Å². The van der Waals surface area contributed by atoms with Gasteiger partial charge in [-0.1, -0.05) is 56.4 Å². The Bertz CT molecular complexity index is 2530. The van der Waals surface area contributed by atoms with Gasteiger partial charge in [-0.2, -0.15) is 0 Å². The molecule has 1 spiro atoms. The fraction of sp³-hybridized carbons (Fsp3) is 0.451. The second-order valence-corrected chi connectivity index (χ2v) is 18.2. The lowest BCUT2D eigenvalue weighted by molar-refractivity contribution is -0.141. The van der Waals surface area contributed by atoms with E-state index in [1.54, 1.807) is 19.2 Å². The molecule has 3 aliphatic carbocycles. The zero-order valence-corrected chi connectivity index (χ0v) is 35.4. The van der Waals surface area contributed by atoms with Crippen LogP contribution in [-0.4, -0.2) is 53.6 Å². The molecule has 4 bridgehead atoms. The van der Waals surface area contributed by atoms with Crippen molar-refractivity contribution in [2.24, 2.45) is 5.92 Å². The summed E-state index contributed by atoms with van der Waals surface area (Å²) in [4.78, 5) is 17.5. The number of phenolic OH excluding ortho intramolecular Hbond substituents is 2. The van der Waals surface area contributed by atoms with Gasteiger partial charge in [0.25, 0.3) is 0 Å². The predicted molar refractivity (Wildman–Crippen MR) is 234 cm³/mol. The first-order valence-electron chi connectivity index (χ1n) is 22.2. The molecule has 5 N–H and O–H groups in total. The van der Waals surface area contributed by atoms with Crippen LogP contribution in [0.2, 0.25) is 0 Å². The summed E-state index contributed by atoms with van der Waals surface area (Å²) in [7, 11) is 1.65. The first-order valence-corrected chi connectivity index (χ1v) is 22.2. The number of pyridine rings is 1. The molecule has 5 unspecified atom stereocenters. The zero-order valence-electron chi connectivity index (χ0n) is 35.4. The van der Waals surface area contributed by atoms with Gasteiger partial charge in [-0.25, -0.2) is 4.98 Å². The minimum absolute atomic E-state index is 0.0411. The number of carbonyl (C=O) groups is 1. The van der Waals surface area contributed by atoms with Crippen molar-refractivity contribution in [2.75, 3.05) is 26.1 Å². The van der Waals surface area contributed by atoms with Crippen molar-refractivity contribution in [3.05, 3.63) is 92.7 Å². The van der Waals surface area contributed by atoms with Gasteiger partial charge < -0.3 is 40.2 Å². The minimum Gasteiger partial charge on any atom is -0.508 e. The number of nitrogens with one attached hydrogen (secondary N) is 1. The van der Waals surface area contributed by atoms with E-state index in [-0.39, 0.29) is 41.4 Å². The van der Waals surface area contributed by atoms with Gasteiger partial charge in [-0.15, -0.1) is 0 Å². The van der Waals surface area contributed by atoms with Crippen LogP contribution in [0.25, 0.3) is 17.2 Å². The monoisotopic (exact) mass is 821 g/mol. The number of aryl methyl sites for hydroxylation is 1. The highest BCUT2D eigenvalue weighted by Gasteiger charge is 2.51. The molecule has 10 heteroatoms. The van der Waals surface area contributed by atoms with Crippen LogP contribution in [0.3, 0.4) is 0 Å². The number of benzene rings is 3. The highest BCUT2D eigenvalue weighted by molar-refractivity contribution is 5.84. The Morgan fingerprint density at radius 1 is 1.07 bits per heavy atom. The molecule has 2 fully saturated rings. The smallest absolute Gasteiger partial charge is 0.302 e. The van der Waals surface area contributed by atoms with Crippen LogP contribution < -0.4 is 25.3 Å². The van der Waals surface area contributed by atoms with Gasteiger partial charge in [-0.3, -0.25) is 4.79 Å².